The molecule has 0 aliphatic heterocycles. The molecule has 2 heteroatoms. The van der Waals surface area contributed by atoms with Crippen LogP contribution in [0.1, 0.15) is 44.1 Å². The van der Waals surface area contributed by atoms with Crippen LogP contribution in [0.2, 0.25) is 0 Å². The van der Waals surface area contributed by atoms with E-state index in [2.05, 4.69) is 35.6 Å². The summed E-state index contributed by atoms with van der Waals surface area (Å²) < 4.78 is 0. The lowest BCUT2D eigenvalue weighted by Crippen LogP contribution is -2.32. The van der Waals surface area contributed by atoms with Gasteiger partial charge in [-0.25, -0.2) is 0 Å². The standard InChI is InChI=1S/C18H28ClN/c19-14-17-11-4-5-12-18(17)15-20-13-7-6-10-16-8-2-1-3-9-16/h1-3,8-9,17-18,20H,4-7,10-15H2. The second-order valence-corrected chi connectivity index (χ2v) is 6.41. The lowest BCUT2D eigenvalue weighted by molar-refractivity contribution is 0.251. The Kier molecular flexibility index (Phi) is 7.46. The van der Waals surface area contributed by atoms with Crippen LogP contribution in [0.4, 0.5) is 0 Å². The van der Waals surface area contributed by atoms with Gasteiger partial charge < -0.3 is 5.32 Å². The van der Waals surface area contributed by atoms with E-state index in [1.807, 2.05) is 0 Å². The average Bonchev–Trinajstić information content (AvgIpc) is 2.52. The smallest absolute Gasteiger partial charge is 0.0254 e. The maximum atomic E-state index is 6.08. The molecule has 112 valence electrons. The molecule has 20 heavy (non-hydrogen) atoms. The Morgan fingerprint density at radius 3 is 2.50 bits per heavy atom. The molecule has 2 atom stereocenters. The van der Waals surface area contributed by atoms with E-state index >= 15 is 0 Å². The molecule has 0 amide bonds. The fraction of sp³-hybridized carbons (Fsp3) is 0.667. The van der Waals surface area contributed by atoms with E-state index in [0.717, 1.165) is 24.3 Å². The molecule has 1 aliphatic rings. The molecule has 1 nitrogen and oxygen atoms in total. The monoisotopic (exact) mass is 293 g/mol. The van der Waals surface area contributed by atoms with Crippen LogP contribution in [0.15, 0.2) is 30.3 Å². The molecule has 1 N–H and O–H groups in total. The van der Waals surface area contributed by atoms with Crippen LogP contribution in [0.3, 0.4) is 0 Å². The van der Waals surface area contributed by atoms with Gasteiger partial charge in [0, 0.05) is 5.88 Å². The first kappa shape index (κ1) is 15.9. The summed E-state index contributed by atoms with van der Waals surface area (Å²) in [5.41, 5.74) is 1.46. The van der Waals surface area contributed by atoms with Crippen molar-refractivity contribution in [3.05, 3.63) is 35.9 Å². The molecule has 1 aromatic rings. The number of aryl methyl sites for hydroxylation is 1. The lowest BCUT2D eigenvalue weighted by Gasteiger charge is -2.30. The van der Waals surface area contributed by atoms with Gasteiger partial charge in [0.15, 0.2) is 0 Å². The summed E-state index contributed by atoms with van der Waals surface area (Å²) in [4.78, 5) is 0. The van der Waals surface area contributed by atoms with Crippen molar-refractivity contribution in [3.8, 4) is 0 Å². The largest absolute Gasteiger partial charge is 0.316 e. The van der Waals surface area contributed by atoms with Crippen LogP contribution in [-0.4, -0.2) is 19.0 Å². The Balaban J connectivity index is 1.53. The van der Waals surface area contributed by atoms with E-state index in [0.29, 0.717) is 0 Å². The van der Waals surface area contributed by atoms with Gasteiger partial charge in [-0.2, -0.15) is 0 Å². The molecule has 0 heterocycles. The summed E-state index contributed by atoms with van der Waals surface area (Å²) in [7, 11) is 0. The number of alkyl halides is 1. The molecule has 0 bridgehead atoms. The van der Waals surface area contributed by atoms with Crippen molar-refractivity contribution >= 4 is 11.6 Å². The molecular formula is C18H28ClN. The second kappa shape index (κ2) is 9.41. The van der Waals surface area contributed by atoms with E-state index in [-0.39, 0.29) is 0 Å². The molecule has 2 unspecified atom stereocenters. The maximum Gasteiger partial charge on any atom is 0.0254 e. The highest BCUT2D eigenvalue weighted by Gasteiger charge is 2.23. The normalized spacial score (nSPS) is 22.9. The summed E-state index contributed by atoms with van der Waals surface area (Å²) in [6.45, 7) is 2.32. The third kappa shape index (κ3) is 5.46. The molecule has 0 aromatic heterocycles. The Labute approximate surface area is 129 Å². The summed E-state index contributed by atoms with van der Waals surface area (Å²) in [6, 6.07) is 10.8. The highest BCUT2D eigenvalue weighted by Crippen LogP contribution is 2.30. The van der Waals surface area contributed by atoms with Gasteiger partial charge >= 0.3 is 0 Å². The number of hydrogen-bond acceptors (Lipinski definition) is 1. The number of unbranched alkanes of at least 4 members (excludes halogenated alkanes) is 1. The molecule has 2 rings (SSSR count). The van der Waals surface area contributed by atoms with Gasteiger partial charge in [0.1, 0.15) is 0 Å². The minimum atomic E-state index is 0.752. The number of nitrogens with one attached hydrogen (secondary N) is 1. The van der Waals surface area contributed by atoms with Gasteiger partial charge in [-0.05, 0) is 62.6 Å². The minimum absolute atomic E-state index is 0.752. The molecule has 1 aromatic carbocycles. The van der Waals surface area contributed by atoms with Crippen molar-refractivity contribution in [2.24, 2.45) is 11.8 Å². The van der Waals surface area contributed by atoms with E-state index in [4.69, 9.17) is 11.6 Å². The zero-order chi connectivity index (χ0) is 14.0. The van der Waals surface area contributed by atoms with Gasteiger partial charge in [0.05, 0.1) is 0 Å². The van der Waals surface area contributed by atoms with Gasteiger partial charge in [-0.3, -0.25) is 0 Å². The summed E-state index contributed by atoms with van der Waals surface area (Å²) in [6.07, 6.45) is 9.24. The van der Waals surface area contributed by atoms with Crippen LogP contribution >= 0.6 is 11.6 Å². The van der Waals surface area contributed by atoms with Gasteiger partial charge in [0.25, 0.3) is 0 Å². The Morgan fingerprint density at radius 2 is 1.75 bits per heavy atom. The number of rotatable bonds is 8. The number of halogens is 1. The Morgan fingerprint density at radius 1 is 1.00 bits per heavy atom. The summed E-state index contributed by atoms with van der Waals surface area (Å²) in [5.74, 6) is 2.41. The van der Waals surface area contributed by atoms with Crippen molar-refractivity contribution in [2.45, 2.75) is 44.9 Å². The molecule has 0 radical (unpaired) electrons. The number of hydrogen-bond donors (Lipinski definition) is 1. The molecule has 0 spiro atoms. The molecular weight excluding hydrogens is 266 g/mol. The SMILES string of the molecule is ClCC1CCCCC1CNCCCCc1ccccc1. The first-order valence-electron chi connectivity index (χ1n) is 8.20. The summed E-state index contributed by atoms with van der Waals surface area (Å²) >= 11 is 6.08. The zero-order valence-electron chi connectivity index (χ0n) is 12.5. The molecule has 1 saturated carbocycles. The fourth-order valence-electron chi connectivity index (χ4n) is 3.27. The number of benzene rings is 1. The average molecular weight is 294 g/mol. The molecule has 1 fully saturated rings. The third-order valence-electron chi connectivity index (χ3n) is 4.58. The first-order valence-corrected chi connectivity index (χ1v) is 8.74. The lowest BCUT2D eigenvalue weighted by atomic mass is 9.80. The van der Waals surface area contributed by atoms with E-state index in [1.54, 1.807) is 0 Å². The minimum Gasteiger partial charge on any atom is -0.316 e. The van der Waals surface area contributed by atoms with E-state index in [1.165, 1.54) is 57.1 Å². The van der Waals surface area contributed by atoms with Crippen LogP contribution in [-0.2, 0) is 6.42 Å². The Hall–Kier alpha value is -0.530. The van der Waals surface area contributed by atoms with Crippen molar-refractivity contribution in [2.75, 3.05) is 19.0 Å². The predicted octanol–water partition coefficient (Wildman–Crippen LogP) is 4.64. The molecule has 1 aliphatic carbocycles. The van der Waals surface area contributed by atoms with Crippen LogP contribution in [0.25, 0.3) is 0 Å². The van der Waals surface area contributed by atoms with Crippen LogP contribution in [0, 0.1) is 11.8 Å². The van der Waals surface area contributed by atoms with Crippen molar-refractivity contribution in [1.29, 1.82) is 0 Å². The van der Waals surface area contributed by atoms with Gasteiger partial charge in [0.2, 0.25) is 0 Å². The predicted molar refractivity (Wildman–Crippen MR) is 88.4 cm³/mol. The van der Waals surface area contributed by atoms with Crippen molar-refractivity contribution in [3.63, 3.8) is 0 Å². The van der Waals surface area contributed by atoms with Crippen molar-refractivity contribution in [1.82, 2.24) is 5.32 Å². The Bertz CT molecular complexity index is 352. The topological polar surface area (TPSA) is 12.0 Å². The van der Waals surface area contributed by atoms with Crippen LogP contribution < -0.4 is 5.32 Å². The van der Waals surface area contributed by atoms with Crippen molar-refractivity contribution < 1.29 is 0 Å². The molecule has 0 saturated heterocycles. The summed E-state index contributed by atoms with van der Waals surface area (Å²) in [5, 5.41) is 3.65. The highest BCUT2D eigenvalue weighted by molar-refractivity contribution is 6.18. The second-order valence-electron chi connectivity index (χ2n) is 6.11. The van der Waals surface area contributed by atoms with Gasteiger partial charge in [-0.1, -0.05) is 43.2 Å². The van der Waals surface area contributed by atoms with Gasteiger partial charge in [-0.15, -0.1) is 11.6 Å². The fourth-order valence-corrected chi connectivity index (χ4v) is 3.67. The zero-order valence-corrected chi connectivity index (χ0v) is 13.2. The van der Waals surface area contributed by atoms with E-state index in [9.17, 15) is 0 Å². The highest BCUT2D eigenvalue weighted by atomic mass is 35.5. The maximum absolute atomic E-state index is 6.08. The van der Waals surface area contributed by atoms with E-state index < -0.39 is 0 Å². The first-order chi connectivity index (χ1) is 9.90. The quantitative estimate of drug-likeness (QED) is 0.544. The van der Waals surface area contributed by atoms with Crippen LogP contribution in [0.5, 0.6) is 0 Å². The third-order valence-corrected chi connectivity index (χ3v) is 4.98.